The molecule has 0 bridgehead atoms. The molecule has 0 radical (unpaired) electrons. The lowest BCUT2D eigenvalue weighted by atomic mass is 10.1. The first-order valence-corrected chi connectivity index (χ1v) is 7.64. The molecule has 9 heteroatoms. The third-order valence-electron chi connectivity index (χ3n) is 2.61. The van der Waals surface area contributed by atoms with E-state index in [1.165, 1.54) is 32.4 Å². The number of hydrogen-bond donors (Lipinski definition) is 2. The second-order valence-electron chi connectivity index (χ2n) is 5.17. The highest BCUT2D eigenvalue weighted by Crippen LogP contribution is 2.23. The van der Waals surface area contributed by atoms with E-state index in [9.17, 15) is 13.2 Å². The molecule has 7 nitrogen and oxygen atoms in total. The summed E-state index contributed by atoms with van der Waals surface area (Å²) in [6, 6.07) is 3.91. The van der Waals surface area contributed by atoms with E-state index >= 15 is 0 Å². The molecule has 0 fully saturated rings. The van der Waals surface area contributed by atoms with Crippen LogP contribution in [0.5, 0.6) is 5.75 Å². The number of methoxy groups -OCH3 is 2. The van der Waals surface area contributed by atoms with Crippen LogP contribution in [0.3, 0.4) is 0 Å². The van der Waals surface area contributed by atoms with Gasteiger partial charge in [0.1, 0.15) is 11.3 Å². The first kappa shape index (κ1) is 20.6. The van der Waals surface area contributed by atoms with E-state index in [1.54, 1.807) is 13.8 Å². The molecule has 0 aliphatic rings. The van der Waals surface area contributed by atoms with Gasteiger partial charge in [-0.1, -0.05) is 0 Å². The summed E-state index contributed by atoms with van der Waals surface area (Å²) in [5.74, 6) is -0.483. The lowest BCUT2D eigenvalue weighted by molar-refractivity contribution is 0.0597. The molecule has 3 N–H and O–H groups in total. The average Bonchev–Trinajstić information content (AvgIpc) is 2.43. The maximum absolute atomic E-state index is 12.2. The van der Waals surface area contributed by atoms with E-state index < -0.39 is 21.5 Å². The van der Waals surface area contributed by atoms with E-state index in [1.807, 2.05) is 0 Å². The average molecular weight is 353 g/mol. The molecule has 0 atom stereocenters. The highest BCUT2D eigenvalue weighted by molar-refractivity contribution is 7.89. The Kier molecular flexibility index (Phi) is 7.30. The number of sulfonamides is 1. The van der Waals surface area contributed by atoms with E-state index in [-0.39, 0.29) is 35.2 Å². The van der Waals surface area contributed by atoms with E-state index in [0.717, 1.165) is 0 Å². The smallest absolute Gasteiger partial charge is 0.341 e. The first-order chi connectivity index (χ1) is 9.60. The highest BCUT2D eigenvalue weighted by atomic mass is 35.5. The SMILES string of the molecule is COC(=O)c1ccc(S(=O)(=O)NCC(C)(C)N)cc1OC.Cl. The minimum absolute atomic E-state index is 0. The van der Waals surface area contributed by atoms with Crippen LogP contribution in [0.2, 0.25) is 0 Å². The van der Waals surface area contributed by atoms with Crippen LogP contribution in [0.1, 0.15) is 24.2 Å². The zero-order chi connectivity index (χ0) is 16.3. The molecule has 22 heavy (non-hydrogen) atoms. The number of nitrogens with one attached hydrogen (secondary N) is 1. The summed E-state index contributed by atoms with van der Waals surface area (Å²) in [6.45, 7) is 3.49. The van der Waals surface area contributed by atoms with E-state index in [2.05, 4.69) is 9.46 Å². The Labute approximate surface area is 136 Å². The van der Waals surface area contributed by atoms with Crippen molar-refractivity contribution in [2.45, 2.75) is 24.3 Å². The zero-order valence-electron chi connectivity index (χ0n) is 12.9. The molecule has 0 saturated carbocycles. The van der Waals surface area contributed by atoms with Gasteiger partial charge in [-0.3, -0.25) is 0 Å². The molecule has 1 rings (SSSR count). The predicted molar refractivity (Wildman–Crippen MR) is 85.0 cm³/mol. The van der Waals surface area contributed by atoms with Gasteiger partial charge in [-0.25, -0.2) is 17.9 Å². The number of ether oxygens (including phenoxy) is 2. The Bertz CT molecular complexity index is 626. The quantitative estimate of drug-likeness (QED) is 0.737. The summed E-state index contributed by atoms with van der Waals surface area (Å²) < 4.78 is 36.4. The predicted octanol–water partition coefficient (Wildman–Crippen LogP) is 0.919. The van der Waals surface area contributed by atoms with Crippen LogP contribution in [0.4, 0.5) is 0 Å². The van der Waals surface area contributed by atoms with Gasteiger partial charge < -0.3 is 15.2 Å². The number of rotatable bonds is 6. The Morgan fingerprint density at radius 1 is 1.32 bits per heavy atom. The van der Waals surface area contributed by atoms with E-state index in [4.69, 9.17) is 10.5 Å². The van der Waals surface area contributed by atoms with Crippen LogP contribution in [-0.4, -0.2) is 40.7 Å². The van der Waals surface area contributed by atoms with Gasteiger partial charge in [0.25, 0.3) is 0 Å². The molecule has 0 aliphatic carbocycles. The first-order valence-electron chi connectivity index (χ1n) is 6.15. The lowest BCUT2D eigenvalue weighted by Gasteiger charge is -2.19. The fourth-order valence-electron chi connectivity index (χ4n) is 1.48. The maximum atomic E-state index is 12.2. The molecule has 0 unspecified atom stereocenters. The largest absolute Gasteiger partial charge is 0.496 e. The maximum Gasteiger partial charge on any atom is 0.341 e. The molecule has 0 saturated heterocycles. The van der Waals surface area contributed by atoms with Crippen molar-refractivity contribution in [3.63, 3.8) is 0 Å². The number of esters is 1. The van der Waals surface area contributed by atoms with Crippen LogP contribution < -0.4 is 15.2 Å². The second-order valence-corrected chi connectivity index (χ2v) is 6.93. The Balaban J connectivity index is 0.00000441. The Morgan fingerprint density at radius 2 is 1.91 bits per heavy atom. The minimum Gasteiger partial charge on any atom is -0.496 e. The van der Waals surface area contributed by atoms with Crippen molar-refractivity contribution < 1.29 is 22.7 Å². The van der Waals surface area contributed by atoms with Crippen molar-refractivity contribution in [2.75, 3.05) is 20.8 Å². The summed E-state index contributed by atoms with van der Waals surface area (Å²) in [4.78, 5) is 11.5. The molecular weight excluding hydrogens is 332 g/mol. The summed E-state index contributed by atoms with van der Waals surface area (Å²) in [5, 5.41) is 0. The molecule has 0 aromatic heterocycles. The Hall–Kier alpha value is -1.35. The van der Waals surface area contributed by atoms with Crippen LogP contribution in [0, 0.1) is 0 Å². The van der Waals surface area contributed by atoms with Gasteiger partial charge >= 0.3 is 5.97 Å². The van der Waals surface area contributed by atoms with Crippen LogP contribution >= 0.6 is 12.4 Å². The summed E-state index contributed by atoms with van der Waals surface area (Å²) in [5.41, 5.74) is 5.22. The van der Waals surface area contributed by atoms with Gasteiger partial charge in [-0.15, -0.1) is 12.4 Å². The van der Waals surface area contributed by atoms with Crippen molar-refractivity contribution in [3.05, 3.63) is 23.8 Å². The number of halogens is 1. The summed E-state index contributed by atoms with van der Waals surface area (Å²) in [6.07, 6.45) is 0. The van der Waals surface area contributed by atoms with Gasteiger partial charge in [0, 0.05) is 18.2 Å². The topological polar surface area (TPSA) is 108 Å². The van der Waals surface area contributed by atoms with Crippen molar-refractivity contribution in [3.8, 4) is 5.75 Å². The minimum atomic E-state index is -3.74. The fourth-order valence-corrected chi connectivity index (χ4v) is 2.72. The van der Waals surface area contributed by atoms with Gasteiger partial charge in [0.2, 0.25) is 10.0 Å². The lowest BCUT2D eigenvalue weighted by Crippen LogP contribution is -2.45. The van der Waals surface area contributed by atoms with Crippen molar-refractivity contribution in [2.24, 2.45) is 5.73 Å². The number of carbonyl (C=O) groups is 1. The third-order valence-corrected chi connectivity index (χ3v) is 4.01. The van der Waals surface area contributed by atoms with Gasteiger partial charge in [-0.2, -0.15) is 0 Å². The zero-order valence-corrected chi connectivity index (χ0v) is 14.5. The Morgan fingerprint density at radius 3 is 2.36 bits per heavy atom. The van der Waals surface area contributed by atoms with Crippen LogP contribution in [-0.2, 0) is 14.8 Å². The molecule has 1 aromatic rings. The molecule has 0 spiro atoms. The normalized spacial score (nSPS) is 11.5. The fraction of sp³-hybridized carbons (Fsp3) is 0.462. The molecular formula is C13H21ClN2O5S. The highest BCUT2D eigenvalue weighted by Gasteiger charge is 2.21. The third kappa shape index (κ3) is 5.45. The van der Waals surface area contributed by atoms with Crippen molar-refractivity contribution in [1.29, 1.82) is 0 Å². The number of nitrogens with two attached hydrogens (primary N) is 1. The molecule has 126 valence electrons. The van der Waals surface area contributed by atoms with Crippen LogP contribution in [0.25, 0.3) is 0 Å². The monoisotopic (exact) mass is 352 g/mol. The van der Waals surface area contributed by atoms with E-state index in [0.29, 0.717) is 0 Å². The summed E-state index contributed by atoms with van der Waals surface area (Å²) in [7, 11) is -1.16. The van der Waals surface area contributed by atoms with Gasteiger partial charge in [0.15, 0.2) is 0 Å². The molecule has 0 amide bonds. The standard InChI is InChI=1S/C13H20N2O5S.ClH/c1-13(2,14)8-15-21(17,18)9-5-6-10(12(16)20-4)11(7-9)19-3;/h5-7,15H,8,14H2,1-4H3;1H. The van der Waals surface area contributed by atoms with Crippen molar-refractivity contribution >= 4 is 28.4 Å². The molecule has 0 heterocycles. The van der Waals surface area contributed by atoms with Gasteiger partial charge in [-0.05, 0) is 26.0 Å². The van der Waals surface area contributed by atoms with Crippen molar-refractivity contribution in [1.82, 2.24) is 4.72 Å². The number of hydrogen-bond acceptors (Lipinski definition) is 6. The molecule has 1 aromatic carbocycles. The van der Waals surface area contributed by atoms with Gasteiger partial charge in [0.05, 0.1) is 19.1 Å². The second kappa shape index (κ2) is 7.77. The molecule has 0 aliphatic heterocycles. The number of benzene rings is 1. The van der Waals surface area contributed by atoms with Crippen LogP contribution in [0.15, 0.2) is 23.1 Å². The number of carbonyl (C=O) groups excluding carboxylic acids is 1. The summed E-state index contributed by atoms with van der Waals surface area (Å²) >= 11 is 0.